The van der Waals surface area contributed by atoms with Gasteiger partial charge in [0.25, 0.3) is 0 Å². The number of amides is 2. The van der Waals surface area contributed by atoms with Gasteiger partial charge < -0.3 is 25.1 Å². The molecule has 8 nitrogen and oxygen atoms in total. The van der Waals surface area contributed by atoms with Gasteiger partial charge >= 0.3 is 11.7 Å². The summed E-state index contributed by atoms with van der Waals surface area (Å²) < 4.78 is 26.0. The van der Waals surface area contributed by atoms with Gasteiger partial charge in [0.1, 0.15) is 11.6 Å². The summed E-state index contributed by atoms with van der Waals surface area (Å²) in [5, 5.41) is 5.52. The van der Waals surface area contributed by atoms with Gasteiger partial charge in [-0.25, -0.2) is 14.0 Å². The Morgan fingerprint density at radius 1 is 1.30 bits per heavy atom. The number of halogens is 1. The number of aromatic amines is 1. The largest absolute Gasteiger partial charge is 0.467 e. The number of anilines is 1. The van der Waals surface area contributed by atoms with E-state index >= 15 is 0 Å². The number of fused-ring (bicyclic) bond motifs is 1. The molecule has 1 aliphatic heterocycles. The molecular weight excluding hydrogens is 391 g/mol. The number of para-hydroxylation sites is 2. The Morgan fingerprint density at radius 2 is 2.13 bits per heavy atom. The lowest BCUT2D eigenvalue weighted by molar-refractivity contribution is -0.0172. The van der Waals surface area contributed by atoms with E-state index in [1.807, 2.05) is 0 Å². The van der Waals surface area contributed by atoms with Gasteiger partial charge in [0, 0.05) is 24.0 Å². The van der Waals surface area contributed by atoms with Crippen LogP contribution in [0.3, 0.4) is 0 Å². The molecule has 9 heteroatoms. The van der Waals surface area contributed by atoms with Crippen LogP contribution in [0.5, 0.6) is 5.75 Å². The van der Waals surface area contributed by atoms with Gasteiger partial charge in [-0.1, -0.05) is 12.1 Å². The van der Waals surface area contributed by atoms with E-state index in [0.29, 0.717) is 41.3 Å². The Hall–Kier alpha value is -3.59. The molecule has 156 valence electrons. The van der Waals surface area contributed by atoms with Gasteiger partial charge in [-0.05, 0) is 43.2 Å². The first-order valence-electron chi connectivity index (χ1n) is 9.46. The Kier molecular flexibility index (Phi) is 5.53. The van der Waals surface area contributed by atoms with Crippen molar-refractivity contribution in [3.63, 3.8) is 0 Å². The van der Waals surface area contributed by atoms with E-state index in [2.05, 4.69) is 15.6 Å². The van der Waals surface area contributed by atoms with Crippen LogP contribution in [-0.2, 0) is 17.8 Å². The number of hydrogen-bond donors (Lipinski definition) is 3. The molecule has 0 saturated carbocycles. The lowest BCUT2D eigenvalue weighted by Gasteiger charge is -2.21. The maximum absolute atomic E-state index is 13.8. The minimum atomic E-state index is -0.432. The summed E-state index contributed by atoms with van der Waals surface area (Å²) in [7, 11) is 0. The quantitative estimate of drug-likeness (QED) is 0.600. The predicted molar refractivity (Wildman–Crippen MR) is 109 cm³/mol. The third kappa shape index (κ3) is 4.06. The molecule has 3 N–H and O–H groups in total. The molecule has 1 aromatic heterocycles. The fraction of sp³-hybridized carbons (Fsp3) is 0.238. The molecule has 0 unspecified atom stereocenters. The summed E-state index contributed by atoms with van der Waals surface area (Å²) in [5.41, 5.74) is 2.80. The Labute approximate surface area is 171 Å². The van der Waals surface area contributed by atoms with Gasteiger partial charge in [0.15, 0.2) is 6.79 Å². The van der Waals surface area contributed by atoms with Crippen molar-refractivity contribution in [2.24, 2.45) is 0 Å². The van der Waals surface area contributed by atoms with Gasteiger partial charge in [-0.2, -0.15) is 0 Å². The Morgan fingerprint density at radius 3 is 2.93 bits per heavy atom. The molecule has 0 fully saturated rings. The topological polar surface area (TPSA) is 97.4 Å². The minimum absolute atomic E-state index is 0.119. The van der Waals surface area contributed by atoms with Crippen LogP contribution in [0, 0.1) is 12.7 Å². The van der Waals surface area contributed by atoms with Crippen molar-refractivity contribution in [1.82, 2.24) is 14.9 Å². The molecule has 3 aromatic rings. The van der Waals surface area contributed by atoms with Crippen molar-refractivity contribution in [1.29, 1.82) is 0 Å². The zero-order valence-electron chi connectivity index (χ0n) is 16.3. The molecule has 0 saturated heterocycles. The molecule has 0 radical (unpaired) electrons. The maximum Gasteiger partial charge on any atom is 0.330 e. The number of nitrogens with one attached hydrogen (secondary N) is 3. The monoisotopic (exact) mass is 412 g/mol. The summed E-state index contributed by atoms with van der Waals surface area (Å²) >= 11 is 0. The second-order valence-electron chi connectivity index (χ2n) is 6.88. The standard InChI is InChI=1S/C21H21FN4O4/c1-13-10-24-21(28)26(13)18-5-3-2-4-17(18)25-20(27)23-7-6-14-8-16(22)9-15-11-29-12-30-19(14)15/h2-5,8-10H,6-7,11-12H2,1H3,(H,24,28)(H2,23,25,27). The predicted octanol–water partition coefficient (Wildman–Crippen LogP) is 2.84. The van der Waals surface area contributed by atoms with E-state index in [1.54, 1.807) is 37.4 Å². The Bertz CT molecular complexity index is 1140. The van der Waals surface area contributed by atoms with Crippen molar-refractivity contribution < 1.29 is 18.7 Å². The SMILES string of the molecule is Cc1c[nH]c(=O)n1-c1ccccc1NC(=O)NCCc1cc(F)cc2c1OCOC2. The first-order valence-corrected chi connectivity index (χ1v) is 9.46. The summed E-state index contributed by atoms with van der Waals surface area (Å²) in [5.74, 6) is 0.237. The van der Waals surface area contributed by atoms with Crippen LogP contribution in [0.2, 0.25) is 0 Å². The summed E-state index contributed by atoms with van der Waals surface area (Å²) in [6.45, 7) is 2.48. The average Bonchev–Trinajstić information content (AvgIpc) is 3.06. The van der Waals surface area contributed by atoms with Crippen molar-refractivity contribution in [2.75, 3.05) is 18.7 Å². The third-order valence-corrected chi connectivity index (χ3v) is 4.79. The number of aromatic nitrogens is 2. The summed E-state index contributed by atoms with van der Waals surface area (Å²) in [6.07, 6.45) is 2.00. The van der Waals surface area contributed by atoms with E-state index < -0.39 is 6.03 Å². The van der Waals surface area contributed by atoms with Gasteiger partial charge in [-0.15, -0.1) is 0 Å². The van der Waals surface area contributed by atoms with Crippen LogP contribution in [-0.4, -0.2) is 28.9 Å². The summed E-state index contributed by atoms with van der Waals surface area (Å²) in [6, 6.07) is 9.37. The number of carbonyl (C=O) groups is 1. The number of urea groups is 1. The van der Waals surface area contributed by atoms with Gasteiger partial charge in [0.2, 0.25) is 0 Å². The van der Waals surface area contributed by atoms with E-state index in [-0.39, 0.29) is 24.8 Å². The molecule has 1 aliphatic rings. The molecule has 4 rings (SSSR count). The molecule has 2 aromatic carbocycles. The van der Waals surface area contributed by atoms with E-state index in [0.717, 1.165) is 5.69 Å². The number of hydrogen-bond acceptors (Lipinski definition) is 4. The van der Waals surface area contributed by atoms with Crippen LogP contribution in [0.4, 0.5) is 14.9 Å². The smallest absolute Gasteiger partial charge is 0.330 e. The van der Waals surface area contributed by atoms with Crippen LogP contribution >= 0.6 is 0 Å². The van der Waals surface area contributed by atoms with Gasteiger partial charge in [0.05, 0.1) is 18.0 Å². The zero-order valence-corrected chi connectivity index (χ0v) is 16.3. The van der Waals surface area contributed by atoms with Crippen molar-refractivity contribution in [2.45, 2.75) is 20.0 Å². The highest BCUT2D eigenvalue weighted by atomic mass is 19.1. The van der Waals surface area contributed by atoms with E-state index in [4.69, 9.17) is 9.47 Å². The number of H-pyrrole nitrogens is 1. The lowest BCUT2D eigenvalue weighted by atomic mass is 10.1. The van der Waals surface area contributed by atoms with Gasteiger partial charge in [-0.3, -0.25) is 4.57 Å². The zero-order chi connectivity index (χ0) is 21.1. The molecule has 2 heterocycles. The number of nitrogens with zero attached hydrogens (tertiary/aromatic N) is 1. The third-order valence-electron chi connectivity index (χ3n) is 4.79. The number of aryl methyl sites for hydroxylation is 1. The number of rotatable bonds is 5. The first-order chi connectivity index (χ1) is 14.5. The second-order valence-corrected chi connectivity index (χ2v) is 6.88. The molecule has 30 heavy (non-hydrogen) atoms. The van der Waals surface area contributed by atoms with Crippen molar-refractivity contribution in [3.8, 4) is 11.4 Å². The highest BCUT2D eigenvalue weighted by molar-refractivity contribution is 5.91. The number of carbonyl (C=O) groups excluding carboxylic acids is 1. The van der Waals surface area contributed by atoms with E-state index in [1.165, 1.54) is 16.7 Å². The van der Waals surface area contributed by atoms with E-state index in [9.17, 15) is 14.0 Å². The van der Waals surface area contributed by atoms with Crippen LogP contribution in [0.15, 0.2) is 47.4 Å². The summed E-state index contributed by atoms with van der Waals surface area (Å²) in [4.78, 5) is 27.1. The molecule has 0 aliphatic carbocycles. The first kappa shape index (κ1) is 19.7. The number of benzene rings is 2. The number of ether oxygens (including phenoxy) is 2. The van der Waals surface area contributed by atoms with Crippen LogP contribution in [0.25, 0.3) is 5.69 Å². The fourth-order valence-electron chi connectivity index (χ4n) is 3.45. The molecule has 2 amide bonds. The highest BCUT2D eigenvalue weighted by Crippen LogP contribution is 2.29. The Balaban J connectivity index is 1.43. The lowest BCUT2D eigenvalue weighted by Crippen LogP contribution is -2.31. The highest BCUT2D eigenvalue weighted by Gasteiger charge is 2.17. The molecule has 0 spiro atoms. The molecular formula is C21H21FN4O4. The van der Waals surface area contributed by atoms with Crippen molar-refractivity contribution >= 4 is 11.7 Å². The number of imidazole rings is 1. The minimum Gasteiger partial charge on any atom is -0.467 e. The molecule has 0 bridgehead atoms. The van der Waals surface area contributed by atoms with Crippen molar-refractivity contribution in [3.05, 3.63) is 75.7 Å². The normalized spacial score (nSPS) is 12.7. The molecule has 0 atom stereocenters. The average molecular weight is 412 g/mol. The second kappa shape index (κ2) is 8.42. The maximum atomic E-state index is 13.8. The van der Waals surface area contributed by atoms with Crippen LogP contribution in [0.1, 0.15) is 16.8 Å². The van der Waals surface area contributed by atoms with Crippen LogP contribution < -0.4 is 21.1 Å². The fourth-order valence-corrected chi connectivity index (χ4v) is 3.45.